The summed E-state index contributed by atoms with van der Waals surface area (Å²) in [4.78, 5) is 21.2. The molecule has 2 aliphatic heterocycles. The monoisotopic (exact) mass is 572 g/mol. The van der Waals surface area contributed by atoms with Crippen LogP contribution in [0.25, 0.3) is 0 Å². The molecule has 3 heterocycles. The normalized spacial score (nSPS) is 29.6. The summed E-state index contributed by atoms with van der Waals surface area (Å²) in [6.07, 6.45) is 6.43. The molecule has 0 radical (unpaired) electrons. The molecule has 1 aromatic carbocycles. The summed E-state index contributed by atoms with van der Waals surface area (Å²) < 4.78 is 56.9. The number of aromatic nitrogens is 1. The first-order chi connectivity index (χ1) is 19.5. The van der Waals surface area contributed by atoms with Crippen LogP contribution in [0.2, 0.25) is 0 Å². The fourth-order valence-corrected chi connectivity index (χ4v) is 6.35. The number of rotatable bonds is 6. The number of nitrogens with zero attached hydrogens (tertiary/aromatic N) is 2. The van der Waals surface area contributed by atoms with Crippen molar-refractivity contribution in [2.45, 2.75) is 68.4 Å². The maximum atomic E-state index is 15.9. The van der Waals surface area contributed by atoms with Gasteiger partial charge in [0.1, 0.15) is 17.3 Å². The lowest BCUT2D eigenvalue weighted by Crippen LogP contribution is -2.45. The van der Waals surface area contributed by atoms with Crippen molar-refractivity contribution >= 4 is 17.8 Å². The zero-order valence-electron chi connectivity index (χ0n) is 23.1. The highest BCUT2D eigenvalue weighted by atomic mass is 19.2. The van der Waals surface area contributed by atoms with Crippen LogP contribution < -0.4 is 11.1 Å². The molecule has 1 amide bonds. The number of amides is 1. The van der Waals surface area contributed by atoms with Crippen LogP contribution in [0.4, 0.5) is 18.9 Å². The van der Waals surface area contributed by atoms with Crippen molar-refractivity contribution in [2.24, 2.45) is 16.6 Å². The number of alkyl halides is 1. The first kappa shape index (κ1) is 29.4. The molecule has 4 N–H and O–H groups in total. The van der Waals surface area contributed by atoms with Gasteiger partial charge >= 0.3 is 0 Å². The van der Waals surface area contributed by atoms with Crippen LogP contribution in [0.15, 0.2) is 47.4 Å². The van der Waals surface area contributed by atoms with Crippen molar-refractivity contribution in [1.82, 2.24) is 4.98 Å². The maximum absolute atomic E-state index is 15.9. The van der Waals surface area contributed by atoms with Crippen molar-refractivity contribution in [3.63, 3.8) is 0 Å². The molecule has 3 aliphatic rings. The number of hydrogen-bond donors (Lipinski definition) is 3. The zero-order chi connectivity index (χ0) is 29.4. The molecule has 8 nitrogen and oxygen atoms in total. The summed E-state index contributed by atoms with van der Waals surface area (Å²) >= 11 is 0. The van der Waals surface area contributed by atoms with Crippen molar-refractivity contribution in [1.29, 1.82) is 0 Å². The van der Waals surface area contributed by atoms with Gasteiger partial charge < -0.3 is 25.6 Å². The van der Waals surface area contributed by atoms with Gasteiger partial charge in [-0.15, -0.1) is 0 Å². The van der Waals surface area contributed by atoms with Crippen molar-refractivity contribution in [3.8, 4) is 0 Å². The van der Waals surface area contributed by atoms with Gasteiger partial charge in [-0.1, -0.05) is 6.92 Å². The Hall–Kier alpha value is -3.12. The van der Waals surface area contributed by atoms with E-state index in [1.807, 2.05) is 6.07 Å². The second-order valence-corrected chi connectivity index (χ2v) is 11.3. The Bertz CT molecular complexity index is 1330. The Kier molecular flexibility index (Phi) is 8.34. The molecule has 2 fully saturated rings. The van der Waals surface area contributed by atoms with Gasteiger partial charge in [0.25, 0.3) is 5.91 Å². The van der Waals surface area contributed by atoms with Crippen molar-refractivity contribution in [2.75, 3.05) is 25.6 Å². The lowest BCUT2D eigenvalue weighted by Gasteiger charge is -2.38. The summed E-state index contributed by atoms with van der Waals surface area (Å²) in [6, 6.07) is 3.59. The number of aliphatic imine (C=N–C) groups is 1. The first-order valence-corrected chi connectivity index (χ1v) is 13.8. The van der Waals surface area contributed by atoms with E-state index >= 15 is 13.2 Å². The third-order valence-electron chi connectivity index (χ3n) is 8.56. The number of anilines is 1. The number of benzene rings is 1. The van der Waals surface area contributed by atoms with Crippen LogP contribution in [-0.2, 0) is 25.5 Å². The number of methoxy groups -OCH3 is 1. The summed E-state index contributed by atoms with van der Waals surface area (Å²) in [5, 5.41) is 13.6. The van der Waals surface area contributed by atoms with Gasteiger partial charge in [0.15, 0.2) is 5.67 Å². The molecule has 1 saturated carbocycles. The van der Waals surface area contributed by atoms with E-state index in [9.17, 15) is 9.90 Å². The number of carbonyl (C=O) groups excluding carboxylic acids is 1. The Morgan fingerprint density at radius 1 is 1.22 bits per heavy atom. The summed E-state index contributed by atoms with van der Waals surface area (Å²) in [7, 11) is 1.65. The smallest absolute Gasteiger partial charge is 0.273 e. The number of aliphatic hydroxyl groups is 1. The molecule has 1 aliphatic carbocycles. The number of nitrogens with two attached hydrogens (primary N) is 1. The maximum Gasteiger partial charge on any atom is 0.273 e. The van der Waals surface area contributed by atoms with Crippen LogP contribution in [0.3, 0.4) is 0 Å². The second-order valence-electron chi connectivity index (χ2n) is 11.3. The molecular formula is C30H35F3N4O4. The van der Waals surface area contributed by atoms with Crippen LogP contribution in [0.1, 0.15) is 61.6 Å². The minimum absolute atomic E-state index is 0.0323. The molecule has 5 atom stereocenters. The van der Waals surface area contributed by atoms with Crippen LogP contribution in [-0.4, -0.2) is 54.7 Å². The van der Waals surface area contributed by atoms with Gasteiger partial charge in [0, 0.05) is 58.0 Å². The van der Waals surface area contributed by atoms with E-state index in [1.165, 1.54) is 12.3 Å². The Morgan fingerprint density at radius 3 is 2.54 bits per heavy atom. The first-order valence-electron chi connectivity index (χ1n) is 13.8. The van der Waals surface area contributed by atoms with Gasteiger partial charge in [-0.2, -0.15) is 0 Å². The van der Waals surface area contributed by atoms with E-state index in [0.29, 0.717) is 12.1 Å². The summed E-state index contributed by atoms with van der Waals surface area (Å²) in [6.45, 7) is 2.58. The van der Waals surface area contributed by atoms with E-state index in [2.05, 4.69) is 22.2 Å². The van der Waals surface area contributed by atoms with Crippen molar-refractivity contribution in [3.05, 3.63) is 70.7 Å². The Morgan fingerprint density at radius 2 is 1.93 bits per heavy atom. The largest absolute Gasteiger partial charge is 0.385 e. The molecule has 0 bridgehead atoms. The highest BCUT2D eigenvalue weighted by Gasteiger charge is 2.41. The summed E-state index contributed by atoms with van der Waals surface area (Å²) in [5.74, 6) is -2.58. The van der Waals surface area contributed by atoms with E-state index in [4.69, 9.17) is 15.2 Å². The minimum Gasteiger partial charge on any atom is -0.385 e. The topological polar surface area (TPSA) is 119 Å². The average molecular weight is 573 g/mol. The average Bonchev–Trinajstić information content (AvgIpc) is 2.93. The predicted octanol–water partition coefficient (Wildman–Crippen LogP) is 4.38. The van der Waals surface area contributed by atoms with Gasteiger partial charge in [0.2, 0.25) is 0 Å². The van der Waals surface area contributed by atoms with Gasteiger partial charge in [-0.25, -0.2) is 13.2 Å². The van der Waals surface area contributed by atoms with E-state index in [-0.39, 0.29) is 61.3 Å². The van der Waals surface area contributed by atoms with Gasteiger partial charge in [-0.05, 0) is 60.1 Å². The number of ether oxygens (including phenoxy) is 2. The van der Waals surface area contributed by atoms with E-state index in [1.54, 1.807) is 13.3 Å². The zero-order valence-corrected chi connectivity index (χ0v) is 23.1. The molecular weight excluding hydrogens is 537 g/mol. The number of nitrogens with one attached hydrogen (secondary N) is 1. The SMILES string of the molecule is CO[C@H]1[C@H](N)C[C@H](c2ccncc2NC(=O)C2=CCC(F)(c3c(F)cc(C4(O)CCOCC4)cc3F)C=N2)C[C@@H]1C. The predicted molar refractivity (Wildman–Crippen MR) is 147 cm³/mol. The molecule has 1 aromatic heterocycles. The van der Waals surface area contributed by atoms with Gasteiger partial charge in [0.05, 0.1) is 29.2 Å². The van der Waals surface area contributed by atoms with E-state index in [0.717, 1.165) is 30.3 Å². The van der Waals surface area contributed by atoms with Crippen LogP contribution >= 0.6 is 0 Å². The number of carbonyl (C=O) groups is 1. The number of pyridine rings is 1. The molecule has 0 spiro atoms. The van der Waals surface area contributed by atoms with Crippen LogP contribution in [0, 0.1) is 17.6 Å². The number of halogens is 3. The second kappa shape index (κ2) is 11.6. The highest BCUT2D eigenvalue weighted by molar-refractivity contribution is 6.05. The van der Waals surface area contributed by atoms with Crippen molar-refractivity contribution < 1.29 is 32.5 Å². The third kappa shape index (κ3) is 5.81. The molecule has 1 saturated heterocycles. The standard InChI is InChI=1S/C30H35F3N4O4/c1-17-11-18(12-23(34)27(17)40-2)20-4-8-35-15-25(20)37-28(38)24-3-5-29(33,16-36-24)26-21(31)13-19(14-22(26)32)30(39)6-9-41-10-7-30/h3-4,8,13-18,23,27,39H,5-7,9-12,34H2,1-2H3,(H,37,38)/t17-,18+,23+,27+,29?/m0/s1. The molecule has 1 unspecified atom stereocenters. The molecule has 5 rings (SSSR count). The van der Waals surface area contributed by atoms with Crippen LogP contribution in [0.5, 0.6) is 0 Å². The quantitative estimate of drug-likeness (QED) is 0.473. The fourth-order valence-electron chi connectivity index (χ4n) is 6.35. The molecule has 220 valence electrons. The highest BCUT2D eigenvalue weighted by Crippen LogP contribution is 2.41. The molecule has 41 heavy (non-hydrogen) atoms. The van der Waals surface area contributed by atoms with Gasteiger partial charge in [-0.3, -0.25) is 14.8 Å². The lowest BCUT2D eigenvalue weighted by atomic mass is 9.74. The van der Waals surface area contributed by atoms with E-state index < -0.39 is 40.8 Å². The summed E-state index contributed by atoms with van der Waals surface area (Å²) in [5.41, 5.74) is 2.79. The Balaban J connectivity index is 1.31. The third-order valence-corrected chi connectivity index (χ3v) is 8.56. The minimum atomic E-state index is -2.61. The molecule has 11 heteroatoms. The lowest BCUT2D eigenvalue weighted by molar-refractivity contribution is -0.112. The Labute approximate surface area is 236 Å². The number of allylic oxidation sites excluding steroid dienone is 1. The fraction of sp³-hybridized carbons (Fsp3) is 0.500. The number of hydrogen-bond acceptors (Lipinski definition) is 7. The molecule has 2 aromatic rings.